The lowest BCUT2D eigenvalue weighted by Gasteiger charge is -2.50. The number of benzene rings is 1. The summed E-state index contributed by atoms with van der Waals surface area (Å²) in [6.45, 7) is 6.57. The summed E-state index contributed by atoms with van der Waals surface area (Å²) in [4.78, 5) is 7.06. The molecule has 26 heavy (non-hydrogen) atoms. The molecule has 2 aromatic rings. The van der Waals surface area contributed by atoms with Gasteiger partial charge in [-0.3, -0.25) is 9.88 Å². The van der Waals surface area contributed by atoms with Gasteiger partial charge in [0.2, 0.25) is 0 Å². The molecule has 3 fully saturated rings. The van der Waals surface area contributed by atoms with Gasteiger partial charge in [-0.05, 0) is 75.5 Å². The van der Waals surface area contributed by atoms with E-state index in [0.29, 0.717) is 29.1 Å². The molecule has 1 N–H and O–H groups in total. The average Bonchev–Trinajstić information content (AvgIpc) is 2.66. The molecule has 0 saturated carbocycles. The third-order valence-corrected chi connectivity index (χ3v) is 6.04. The van der Waals surface area contributed by atoms with E-state index in [2.05, 4.69) is 22.1 Å². The van der Waals surface area contributed by atoms with Crippen LogP contribution in [0.4, 0.5) is 10.1 Å². The number of anilines is 1. The Balaban J connectivity index is 1.54. The molecule has 2 bridgehead atoms. The number of rotatable bonds is 4. The molecule has 0 radical (unpaired) electrons. The summed E-state index contributed by atoms with van der Waals surface area (Å²) in [7, 11) is 1.60. The van der Waals surface area contributed by atoms with E-state index in [1.54, 1.807) is 13.2 Å². The predicted molar refractivity (Wildman–Crippen MR) is 102 cm³/mol. The minimum absolute atomic E-state index is 0.275. The fraction of sp³-hybridized carbons (Fsp3) is 0.476. The van der Waals surface area contributed by atoms with Gasteiger partial charge in [-0.2, -0.15) is 0 Å². The Labute approximate surface area is 154 Å². The lowest BCUT2D eigenvalue weighted by Crippen LogP contribution is -2.59. The monoisotopic (exact) mass is 355 g/mol. The van der Waals surface area contributed by atoms with Crippen LogP contribution in [-0.2, 0) is 0 Å². The highest BCUT2D eigenvalue weighted by Crippen LogP contribution is 2.34. The quantitative estimate of drug-likeness (QED) is 0.896. The fourth-order valence-electron chi connectivity index (χ4n) is 4.45. The Bertz CT molecular complexity index is 783. The van der Waals surface area contributed by atoms with Crippen molar-refractivity contribution in [2.45, 2.75) is 38.8 Å². The van der Waals surface area contributed by atoms with Crippen LogP contribution in [0.15, 0.2) is 30.5 Å². The van der Waals surface area contributed by atoms with Crippen molar-refractivity contribution in [2.24, 2.45) is 5.92 Å². The number of hydrogen-bond acceptors (Lipinski definition) is 4. The van der Waals surface area contributed by atoms with E-state index in [0.717, 1.165) is 17.2 Å². The molecule has 4 heterocycles. The molecule has 1 aromatic heterocycles. The molecule has 0 aliphatic carbocycles. The van der Waals surface area contributed by atoms with Crippen molar-refractivity contribution in [3.63, 3.8) is 0 Å². The van der Waals surface area contributed by atoms with Crippen molar-refractivity contribution in [2.75, 3.05) is 25.5 Å². The summed E-state index contributed by atoms with van der Waals surface area (Å²) >= 11 is 0. The zero-order valence-corrected chi connectivity index (χ0v) is 15.6. The minimum atomic E-state index is -0.275. The summed E-state index contributed by atoms with van der Waals surface area (Å²) in [5.41, 5.74) is 2.87. The Morgan fingerprint density at radius 3 is 2.62 bits per heavy atom. The molecule has 3 saturated heterocycles. The highest BCUT2D eigenvalue weighted by molar-refractivity contribution is 5.65. The van der Waals surface area contributed by atoms with Gasteiger partial charge in [-0.15, -0.1) is 0 Å². The van der Waals surface area contributed by atoms with Gasteiger partial charge in [0.25, 0.3) is 0 Å². The van der Waals surface area contributed by atoms with Crippen molar-refractivity contribution in [1.82, 2.24) is 9.88 Å². The second-order valence-corrected chi connectivity index (χ2v) is 7.52. The van der Waals surface area contributed by atoms with Gasteiger partial charge >= 0.3 is 0 Å². The summed E-state index contributed by atoms with van der Waals surface area (Å²) < 4.78 is 19.7. The predicted octanol–water partition coefficient (Wildman–Crippen LogP) is 4.10. The molecule has 3 aliphatic rings. The molecule has 4 nitrogen and oxygen atoms in total. The van der Waals surface area contributed by atoms with Crippen molar-refractivity contribution < 1.29 is 9.13 Å². The van der Waals surface area contributed by atoms with Crippen molar-refractivity contribution in [1.29, 1.82) is 0 Å². The SMILES string of the molecule is COc1cc(-c2ccc(NC3C4CCN(CC4)C3C)cn2)c(F)cc1C. The molecule has 5 rings (SSSR count). The van der Waals surface area contributed by atoms with Gasteiger partial charge in [-0.1, -0.05) is 0 Å². The highest BCUT2D eigenvalue weighted by Gasteiger charge is 2.39. The molecular weight excluding hydrogens is 329 g/mol. The zero-order valence-electron chi connectivity index (χ0n) is 15.6. The third kappa shape index (κ3) is 3.05. The molecule has 0 amide bonds. The lowest BCUT2D eigenvalue weighted by atomic mass is 9.79. The van der Waals surface area contributed by atoms with Crippen molar-refractivity contribution >= 4 is 5.69 Å². The first-order valence-electron chi connectivity index (χ1n) is 9.38. The number of fused-ring (bicyclic) bond motifs is 3. The highest BCUT2D eigenvalue weighted by atomic mass is 19.1. The first-order valence-corrected chi connectivity index (χ1v) is 9.38. The maximum Gasteiger partial charge on any atom is 0.133 e. The van der Waals surface area contributed by atoms with Crippen LogP contribution >= 0.6 is 0 Å². The van der Waals surface area contributed by atoms with E-state index in [1.807, 2.05) is 25.3 Å². The topological polar surface area (TPSA) is 37.4 Å². The maximum absolute atomic E-state index is 14.4. The largest absolute Gasteiger partial charge is 0.496 e. The van der Waals surface area contributed by atoms with Crippen molar-refractivity contribution in [3.8, 4) is 17.0 Å². The Morgan fingerprint density at radius 2 is 2.00 bits per heavy atom. The fourth-order valence-corrected chi connectivity index (χ4v) is 4.45. The van der Waals surface area contributed by atoms with Gasteiger partial charge in [0, 0.05) is 17.6 Å². The van der Waals surface area contributed by atoms with E-state index >= 15 is 0 Å². The number of aromatic nitrogens is 1. The number of nitrogens with zero attached hydrogens (tertiary/aromatic N) is 2. The van der Waals surface area contributed by atoms with Gasteiger partial charge in [0.05, 0.1) is 24.7 Å². The van der Waals surface area contributed by atoms with Crippen LogP contribution in [-0.4, -0.2) is 42.2 Å². The van der Waals surface area contributed by atoms with E-state index in [9.17, 15) is 4.39 Å². The number of piperidine rings is 3. The number of halogens is 1. The summed E-state index contributed by atoms with van der Waals surface area (Å²) in [6, 6.07) is 8.09. The normalized spacial score (nSPS) is 27.4. The second kappa shape index (κ2) is 6.88. The zero-order chi connectivity index (χ0) is 18.3. The molecule has 0 spiro atoms. The van der Waals surface area contributed by atoms with Gasteiger partial charge in [-0.25, -0.2) is 4.39 Å². The van der Waals surface area contributed by atoms with Gasteiger partial charge in [0.15, 0.2) is 0 Å². The molecule has 2 unspecified atom stereocenters. The van der Waals surface area contributed by atoms with Crippen LogP contribution in [0, 0.1) is 18.7 Å². The lowest BCUT2D eigenvalue weighted by molar-refractivity contribution is 0.0458. The number of pyridine rings is 1. The average molecular weight is 355 g/mol. The van der Waals surface area contributed by atoms with E-state index in [-0.39, 0.29) is 5.82 Å². The third-order valence-electron chi connectivity index (χ3n) is 6.04. The van der Waals surface area contributed by atoms with E-state index < -0.39 is 0 Å². The van der Waals surface area contributed by atoms with Crippen LogP contribution in [0.2, 0.25) is 0 Å². The van der Waals surface area contributed by atoms with Gasteiger partial charge in [0.1, 0.15) is 11.6 Å². The molecule has 3 aliphatic heterocycles. The van der Waals surface area contributed by atoms with Crippen molar-refractivity contribution in [3.05, 3.63) is 41.8 Å². The maximum atomic E-state index is 14.4. The second-order valence-electron chi connectivity index (χ2n) is 7.52. The number of methoxy groups -OCH3 is 1. The Hall–Kier alpha value is -2.14. The minimum Gasteiger partial charge on any atom is -0.496 e. The van der Waals surface area contributed by atoms with Crippen LogP contribution in [0.25, 0.3) is 11.3 Å². The molecule has 2 atom stereocenters. The Kier molecular flexibility index (Phi) is 4.57. The van der Waals surface area contributed by atoms with E-state index in [1.165, 1.54) is 32.0 Å². The van der Waals surface area contributed by atoms with Crippen LogP contribution in [0.1, 0.15) is 25.3 Å². The number of aryl methyl sites for hydroxylation is 1. The first kappa shape index (κ1) is 17.3. The summed E-state index contributed by atoms with van der Waals surface area (Å²) in [6.07, 6.45) is 4.34. The molecule has 1 aromatic carbocycles. The number of nitrogens with one attached hydrogen (secondary N) is 1. The molecule has 138 valence electrons. The Morgan fingerprint density at radius 1 is 1.23 bits per heavy atom. The van der Waals surface area contributed by atoms with Crippen LogP contribution < -0.4 is 10.1 Å². The first-order chi connectivity index (χ1) is 12.6. The molecule has 5 heteroatoms. The standard InChI is InChI=1S/C21H26FN3O/c1-13-10-18(22)17(11-20(13)26-3)19-5-4-16(12-23-19)24-21-14(2)25-8-6-15(21)7-9-25/h4-5,10-12,14-15,21,24H,6-9H2,1-3H3. The summed E-state index contributed by atoms with van der Waals surface area (Å²) in [5.74, 6) is 1.13. The number of ether oxygens (including phenoxy) is 1. The molecular formula is C21H26FN3O. The van der Waals surface area contributed by atoms with Gasteiger partial charge < -0.3 is 10.1 Å². The van der Waals surface area contributed by atoms with Crippen LogP contribution in [0.5, 0.6) is 5.75 Å². The number of hydrogen-bond donors (Lipinski definition) is 1. The van der Waals surface area contributed by atoms with Crippen LogP contribution in [0.3, 0.4) is 0 Å². The summed E-state index contributed by atoms with van der Waals surface area (Å²) in [5, 5.41) is 3.66. The van der Waals surface area contributed by atoms with E-state index in [4.69, 9.17) is 4.74 Å². The smallest absolute Gasteiger partial charge is 0.133 e.